The molecule has 0 spiro atoms. The number of rotatable bonds is 7. The number of nitrogens with one attached hydrogen (secondary N) is 2. The Hall–Kier alpha value is -1.20. The molecular weight excluding hydrogens is 254 g/mol. The van der Waals surface area contributed by atoms with Crippen LogP contribution in [0.25, 0.3) is 0 Å². The van der Waals surface area contributed by atoms with Crippen LogP contribution in [0.1, 0.15) is 58.7 Å². The van der Waals surface area contributed by atoms with E-state index in [1.807, 2.05) is 6.92 Å². The van der Waals surface area contributed by atoms with Crippen LogP contribution in [0.3, 0.4) is 0 Å². The molecule has 2 N–H and O–H groups in total. The maximum absolute atomic E-state index is 11.8. The fraction of sp³-hybridized carbons (Fsp3) is 0.733. The average molecular weight is 281 g/mol. The predicted molar refractivity (Wildman–Crippen MR) is 80.7 cm³/mol. The smallest absolute Gasteiger partial charge is 0.251 e. The minimum atomic E-state index is -0.216. The van der Waals surface area contributed by atoms with Gasteiger partial charge in [-0.05, 0) is 25.3 Å². The van der Waals surface area contributed by atoms with E-state index in [0.717, 1.165) is 18.7 Å². The SMILES string of the molecule is CCCNCc1cc(=O)[nH]c(C(OCC)C(C)(C)C)n1. The molecule has 0 radical (unpaired) electrons. The van der Waals surface area contributed by atoms with E-state index >= 15 is 0 Å². The van der Waals surface area contributed by atoms with Crippen LogP contribution in [-0.4, -0.2) is 23.1 Å². The van der Waals surface area contributed by atoms with Crippen molar-refractivity contribution in [3.63, 3.8) is 0 Å². The van der Waals surface area contributed by atoms with Gasteiger partial charge in [0.05, 0.1) is 5.69 Å². The summed E-state index contributed by atoms with van der Waals surface area (Å²) in [5, 5.41) is 3.26. The van der Waals surface area contributed by atoms with Gasteiger partial charge >= 0.3 is 0 Å². The molecule has 1 heterocycles. The normalized spacial score (nSPS) is 13.4. The number of nitrogens with zero attached hydrogens (tertiary/aromatic N) is 1. The first-order chi connectivity index (χ1) is 9.38. The molecule has 1 atom stereocenters. The summed E-state index contributed by atoms with van der Waals surface area (Å²) in [6.45, 7) is 12.4. The fourth-order valence-electron chi connectivity index (χ4n) is 2.04. The molecule has 20 heavy (non-hydrogen) atoms. The van der Waals surface area contributed by atoms with Crippen molar-refractivity contribution in [2.45, 2.75) is 53.7 Å². The van der Waals surface area contributed by atoms with Crippen LogP contribution >= 0.6 is 0 Å². The standard InChI is InChI=1S/C15H27N3O2/c1-6-8-16-10-11-9-12(19)18-14(17-11)13(20-7-2)15(3,4)5/h9,13,16H,6-8,10H2,1-5H3,(H,17,18,19). The van der Waals surface area contributed by atoms with Gasteiger partial charge in [-0.25, -0.2) is 4.98 Å². The number of hydrogen-bond donors (Lipinski definition) is 2. The van der Waals surface area contributed by atoms with Crippen LogP contribution in [-0.2, 0) is 11.3 Å². The second kappa shape index (κ2) is 7.55. The van der Waals surface area contributed by atoms with Gasteiger partial charge in [-0.2, -0.15) is 0 Å². The summed E-state index contributed by atoms with van der Waals surface area (Å²) in [6.07, 6.45) is 0.839. The van der Waals surface area contributed by atoms with Crippen molar-refractivity contribution in [3.8, 4) is 0 Å². The van der Waals surface area contributed by atoms with E-state index in [1.54, 1.807) is 0 Å². The first-order valence-corrected chi connectivity index (χ1v) is 7.31. The Morgan fingerprint density at radius 3 is 2.65 bits per heavy atom. The van der Waals surface area contributed by atoms with Gasteiger partial charge in [-0.15, -0.1) is 0 Å². The first kappa shape index (κ1) is 16.9. The number of aromatic nitrogens is 2. The van der Waals surface area contributed by atoms with E-state index < -0.39 is 0 Å². The summed E-state index contributed by atoms with van der Waals surface area (Å²) in [7, 11) is 0. The highest BCUT2D eigenvalue weighted by Gasteiger charge is 2.29. The Morgan fingerprint density at radius 1 is 1.40 bits per heavy atom. The molecule has 1 unspecified atom stereocenters. The lowest BCUT2D eigenvalue weighted by atomic mass is 9.88. The van der Waals surface area contributed by atoms with Gasteiger partial charge in [0.1, 0.15) is 11.9 Å². The molecule has 0 fully saturated rings. The van der Waals surface area contributed by atoms with Gasteiger partial charge in [-0.1, -0.05) is 27.7 Å². The van der Waals surface area contributed by atoms with Gasteiger partial charge in [0, 0.05) is 19.2 Å². The second-order valence-corrected chi connectivity index (χ2v) is 6.00. The van der Waals surface area contributed by atoms with Crippen molar-refractivity contribution < 1.29 is 4.74 Å². The Bertz CT molecular complexity index is 463. The summed E-state index contributed by atoms with van der Waals surface area (Å²) in [6, 6.07) is 1.54. The van der Waals surface area contributed by atoms with Crippen LogP contribution in [0.5, 0.6) is 0 Å². The predicted octanol–water partition coefficient (Wildman–Crippen LogP) is 2.39. The van der Waals surface area contributed by atoms with Crippen molar-refractivity contribution in [2.24, 2.45) is 5.41 Å². The van der Waals surface area contributed by atoms with E-state index in [9.17, 15) is 4.79 Å². The summed E-state index contributed by atoms with van der Waals surface area (Å²) < 4.78 is 5.78. The van der Waals surface area contributed by atoms with Crippen molar-refractivity contribution in [1.82, 2.24) is 15.3 Å². The van der Waals surface area contributed by atoms with Crippen LogP contribution in [0.15, 0.2) is 10.9 Å². The Morgan fingerprint density at radius 2 is 2.10 bits per heavy atom. The number of H-pyrrole nitrogens is 1. The molecular formula is C15H27N3O2. The zero-order valence-corrected chi connectivity index (χ0v) is 13.2. The monoisotopic (exact) mass is 281 g/mol. The highest BCUT2D eigenvalue weighted by Crippen LogP contribution is 2.33. The van der Waals surface area contributed by atoms with Gasteiger partial charge < -0.3 is 15.0 Å². The summed E-state index contributed by atoms with van der Waals surface area (Å²) in [5.74, 6) is 0.611. The number of aromatic amines is 1. The molecule has 0 aliphatic rings. The fourth-order valence-corrected chi connectivity index (χ4v) is 2.04. The lowest BCUT2D eigenvalue weighted by molar-refractivity contribution is -0.0194. The molecule has 1 aromatic heterocycles. The Balaban J connectivity index is 3.00. The summed E-state index contributed by atoms with van der Waals surface area (Å²) in [4.78, 5) is 19.2. The lowest BCUT2D eigenvalue weighted by Gasteiger charge is -2.29. The zero-order chi connectivity index (χ0) is 15.2. The molecule has 0 aliphatic carbocycles. The third-order valence-electron chi connectivity index (χ3n) is 2.91. The largest absolute Gasteiger partial charge is 0.370 e. The molecule has 0 saturated heterocycles. The summed E-state index contributed by atoms with van der Waals surface area (Å²) >= 11 is 0. The molecule has 0 bridgehead atoms. The Kier molecular flexibility index (Phi) is 6.36. The van der Waals surface area contributed by atoms with Gasteiger partial charge in [-0.3, -0.25) is 4.79 Å². The quantitative estimate of drug-likeness (QED) is 0.753. The van der Waals surface area contributed by atoms with Gasteiger partial charge in [0.2, 0.25) is 0 Å². The molecule has 1 rings (SSSR count). The van der Waals surface area contributed by atoms with Crippen LogP contribution < -0.4 is 10.9 Å². The van der Waals surface area contributed by atoms with Crippen molar-refractivity contribution in [3.05, 3.63) is 27.9 Å². The van der Waals surface area contributed by atoms with Crippen molar-refractivity contribution in [1.29, 1.82) is 0 Å². The maximum Gasteiger partial charge on any atom is 0.251 e. The van der Waals surface area contributed by atoms with Gasteiger partial charge in [0.15, 0.2) is 0 Å². The minimum absolute atomic E-state index is 0.124. The van der Waals surface area contributed by atoms with Crippen molar-refractivity contribution in [2.75, 3.05) is 13.2 Å². The molecule has 0 aromatic carbocycles. The molecule has 0 saturated carbocycles. The summed E-state index contributed by atoms with van der Waals surface area (Å²) in [5.41, 5.74) is 0.505. The number of hydrogen-bond acceptors (Lipinski definition) is 4. The highest BCUT2D eigenvalue weighted by molar-refractivity contribution is 5.06. The van der Waals surface area contributed by atoms with Crippen LogP contribution in [0.4, 0.5) is 0 Å². The average Bonchev–Trinajstić information content (AvgIpc) is 2.34. The third kappa shape index (κ3) is 5.06. The lowest BCUT2D eigenvalue weighted by Crippen LogP contribution is -2.27. The van der Waals surface area contributed by atoms with Crippen molar-refractivity contribution >= 4 is 0 Å². The highest BCUT2D eigenvalue weighted by atomic mass is 16.5. The van der Waals surface area contributed by atoms with E-state index in [2.05, 4.69) is 43.0 Å². The first-order valence-electron chi connectivity index (χ1n) is 7.31. The van der Waals surface area contributed by atoms with E-state index in [-0.39, 0.29) is 17.1 Å². The maximum atomic E-state index is 11.8. The van der Waals surface area contributed by atoms with Crippen LogP contribution in [0, 0.1) is 5.41 Å². The van der Waals surface area contributed by atoms with E-state index in [1.165, 1.54) is 6.07 Å². The molecule has 114 valence electrons. The van der Waals surface area contributed by atoms with Crippen LogP contribution in [0.2, 0.25) is 0 Å². The molecule has 1 aromatic rings. The number of ether oxygens (including phenoxy) is 1. The minimum Gasteiger partial charge on any atom is -0.370 e. The molecule has 0 aliphatic heterocycles. The van der Waals surface area contributed by atoms with Gasteiger partial charge in [0.25, 0.3) is 5.56 Å². The van der Waals surface area contributed by atoms with E-state index in [4.69, 9.17) is 4.74 Å². The second-order valence-electron chi connectivity index (χ2n) is 6.00. The topological polar surface area (TPSA) is 67.0 Å². The molecule has 0 amide bonds. The van der Waals surface area contributed by atoms with E-state index in [0.29, 0.717) is 19.0 Å². The third-order valence-corrected chi connectivity index (χ3v) is 2.91. The molecule has 5 heteroatoms. The molecule has 5 nitrogen and oxygen atoms in total. The Labute approximate surface area is 121 Å². The zero-order valence-electron chi connectivity index (χ0n) is 13.2.